The van der Waals surface area contributed by atoms with Crippen LogP contribution < -0.4 is 0 Å². The van der Waals surface area contributed by atoms with Gasteiger partial charge in [-0.3, -0.25) is 4.52 Å². The van der Waals surface area contributed by atoms with Gasteiger partial charge in [0.1, 0.15) is 6.61 Å². The van der Waals surface area contributed by atoms with Crippen LogP contribution in [-0.4, -0.2) is 11.5 Å². The Labute approximate surface area is 184 Å². The molecule has 1 aromatic rings. The van der Waals surface area contributed by atoms with Crippen LogP contribution in [0, 0.1) is 0 Å². The number of phosphoric acid groups is 1. The fraction of sp³-hybridized carbons (Fsp3) is 0.750. The van der Waals surface area contributed by atoms with Gasteiger partial charge in [-0.2, -0.15) is 0 Å². The molecular formula is C24H43O5P. The van der Waals surface area contributed by atoms with Gasteiger partial charge < -0.3 is 4.89 Å². The largest absolute Gasteiger partial charge is 0.499 e. The van der Waals surface area contributed by atoms with Crippen molar-refractivity contribution in [1.29, 1.82) is 0 Å². The van der Waals surface area contributed by atoms with Crippen LogP contribution in [0.4, 0.5) is 0 Å². The molecule has 0 aliphatic rings. The molecule has 0 heterocycles. The van der Waals surface area contributed by atoms with Crippen LogP contribution in [0.1, 0.15) is 109 Å². The lowest BCUT2D eigenvalue weighted by Crippen LogP contribution is -1.99. The van der Waals surface area contributed by atoms with Gasteiger partial charge in [0.05, 0.1) is 6.61 Å². The molecule has 1 rings (SSSR count). The second-order valence-corrected chi connectivity index (χ2v) is 9.42. The third-order valence-electron chi connectivity index (χ3n) is 5.22. The molecule has 174 valence electrons. The highest BCUT2D eigenvalue weighted by Gasteiger charge is 2.22. The van der Waals surface area contributed by atoms with Gasteiger partial charge in [0.2, 0.25) is 0 Å². The molecule has 1 aromatic carbocycles. The van der Waals surface area contributed by atoms with E-state index in [-0.39, 0.29) is 13.2 Å². The molecule has 0 radical (unpaired) electrons. The summed E-state index contributed by atoms with van der Waals surface area (Å²) in [7, 11) is -4.14. The number of benzene rings is 1. The predicted octanol–water partition coefficient (Wildman–Crippen LogP) is 8.12. The molecule has 1 N–H and O–H groups in total. The Morgan fingerprint density at radius 2 is 1.20 bits per heavy atom. The van der Waals surface area contributed by atoms with Crippen molar-refractivity contribution < 1.29 is 23.5 Å². The topological polar surface area (TPSA) is 65.0 Å². The van der Waals surface area contributed by atoms with Crippen molar-refractivity contribution in [1.82, 2.24) is 0 Å². The number of phosphoric ester groups is 1. The minimum absolute atomic E-state index is 0.105. The van der Waals surface area contributed by atoms with Gasteiger partial charge in [-0.25, -0.2) is 9.45 Å². The van der Waals surface area contributed by atoms with Gasteiger partial charge in [-0.05, 0) is 12.0 Å². The molecule has 1 unspecified atom stereocenters. The predicted molar refractivity (Wildman–Crippen MR) is 123 cm³/mol. The quantitative estimate of drug-likeness (QED) is 0.0901. The number of unbranched alkanes of at least 4 members (excludes halogenated alkanes) is 14. The standard InChI is InChI=1S/C24H43O5P/c1-2-3-4-5-6-7-8-9-10-11-12-13-14-15-19-22-28-30(25,26)29-27-23-24-20-17-16-18-21-24/h16-18,20-21H,2-15,19,22-23H2,1H3,(H,25,26). The Kier molecular flexibility index (Phi) is 17.3. The van der Waals surface area contributed by atoms with Crippen LogP contribution in [0.25, 0.3) is 0 Å². The minimum Gasteiger partial charge on any atom is -0.301 e. The van der Waals surface area contributed by atoms with Gasteiger partial charge in [0.25, 0.3) is 0 Å². The van der Waals surface area contributed by atoms with Gasteiger partial charge >= 0.3 is 7.82 Å². The summed E-state index contributed by atoms with van der Waals surface area (Å²) >= 11 is 0. The normalized spacial score (nSPS) is 13.4. The summed E-state index contributed by atoms with van der Waals surface area (Å²) in [5, 5.41) is 0. The molecule has 1 atom stereocenters. The minimum atomic E-state index is -4.14. The van der Waals surface area contributed by atoms with Crippen molar-refractivity contribution in [3.63, 3.8) is 0 Å². The molecule has 0 spiro atoms. The van der Waals surface area contributed by atoms with Crippen LogP contribution in [0.2, 0.25) is 0 Å². The summed E-state index contributed by atoms with van der Waals surface area (Å²) in [5.41, 5.74) is 0.861. The molecular weight excluding hydrogens is 399 g/mol. The zero-order chi connectivity index (χ0) is 21.8. The Bertz CT molecular complexity index is 538. The van der Waals surface area contributed by atoms with E-state index in [0.717, 1.165) is 24.8 Å². The van der Waals surface area contributed by atoms with E-state index in [1.54, 1.807) is 0 Å². The second-order valence-electron chi connectivity index (χ2n) is 8.07. The maximum absolute atomic E-state index is 11.7. The number of rotatable bonds is 21. The summed E-state index contributed by atoms with van der Waals surface area (Å²) in [4.78, 5) is 14.4. The zero-order valence-corrected chi connectivity index (χ0v) is 19.8. The van der Waals surface area contributed by atoms with Gasteiger partial charge in [-0.15, -0.1) is 4.67 Å². The summed E-state index contributed by atoms with van der Waals surface area (Å²) in [6.45, 7) is 2.58. The molecule has 0 amide bonds. The molecule has 0 bridgehead atoms. The maximum atomic E-state index is 11.7. The first kappa shape index (κ1) is 27.3. The highest BCUT2D eigenvalue weighted by molar-refractivity contribution is 7.47. The molecule has 30 heavy (non-hydrogen) atoms. The van der Waals surface area contributed by atoms with E-state index < -0.39 is 7.82 Å². The van der Waals surface area contributed by atoms with Crippen molar-refractivity contribution in [2.45, 2.75) is 110 Å². The van der Waals surface area contributed by atoms with Crippen LogP contribution in [0.5, 0.6) is 0 Å². The van der Waals surface area contributed by atoms with E-state index >= 15 is 0 Å². The first-order chi connectivity index (χ1) is 14.6. The molecule has 0 saturated carbocycles. The fourth-order valence-electron chi connectivity index (χ4n) is 3.41. The SMILES string of the molecule is CCCCCCCCCCCCCCCCCOP(=O)(O)OOCc1ccccc1. The van der Waals surface area contributed by atoms with Crippen LogP contribution in [0.3, 0.4) is 0 Å². The van der Waals surface area contributed by atoms with Crippen molar-refractivity contribution in [3.05, 3.63) is 35.9 Å². The average molecular weight is 443 g/mol. The molecule has 5 nitrogen and oxygen atoms in total. The Hall–Kier alpha value is -0.710. The van der Waals surface area contributed by atoms with E-state index in [1.165, 1.54) is 77.0 Å². The summed E-state index contributed by atoms with van der Waals surface area (Å²) in [5.74, 6) is 0. The molecule has 0 aromatic heterocycles. The van der Waals surface area contributed by atoms with E-state index in [9.17, 15) is 9.46 Å². The third kappa shape index (κ3) is 17.0. The third-order valence-corrected chi connectivity index (χ3v) is 6.02. The number of hydrogen-bond donors (Lipinski definition) is 1. The first-order valence-corrected chi connectivity index (χ1v) is 13.5. The Morgan fingerprint density at radius 1 is 0.733 bits per heavy atom. The van der Waals surface area contributed by atoms with E-state index in [0.29, 0.717) is 0 Å². The molecule has 0 fully saturated rings. The van der Waals surface area contributed by atoms with Crippen molar-refractivity contribution >= 4 is 7.82 Å². The smallest absolute Gasteiger partial charge is 0.301 e. The zero-order valence-electron chi connectivity index (χ0n) is 18.9. The van der Waals surface area contributed by atoms with Gasteiger partial charge in [-0.1, -0.05) is 127 Å². The molecule has 6 heteroatoms. The van der Waals surface area contributed by atoms with Gasteiger partial charge in [0, 0.05) is 0 Å². The van der Waals surface area contributed by atoms with E-state index in [4.69, 9.17) is 9.41 Å². The maximum Gasteiger partial charge on any atom is 0.499 e. The van der Waals surface area contributed by atoms with Crippen LogP contribution in [0.15, 0.2) is 30.3 Å². The number of hydrogen-bond acceptors (Lipinski definition) is 4. The highest BCUT2D eigenvalue weighted by Crippen LogP contribution is 2.43. The van der Waals surface area contributed by atoms with Crippen molar-refractivity contribution in [2.75, 3.05) is 6.61 Å². The summed E-state index contributed by atoms with van der Waals surface area (Å²) in [6.07, 6.45) is 19.2. The molecule has 0 aliphatic heterocycles. The first-order valence-electron chi connectivity index (χ1n) is 12.0. The Balaban J connectivity index is 1.82. The van der Waals surface area contributed by atoms with Crippen molar-refractivity contribution in [2.24, 2.45) is 0 Å². The van der Waals surface area contributed by atoms with Crippen molar-refractivity contribution in [3.8, 4) is 0 Å². The summed E-state index contributed by atoms with van der Waals surface area (Å²) in [6, 6.07) is 9.32. The molecule has 0 aliphatic carbocycles. The van der Waals surface area contributed by atoms with E-state index in [2.05, 4.69) is 11.6 Å². The molecule has 0 saturated heterocycles. The highest BCUT2D eigenvalue weighted by atomic mass is 31.2. The lowest BCUT2D eigenvalue weighted by atomic mass is 10.0. The Morgan fingerprint density at radius 3 is 1.70 bits per heavy atom. The average Bonchev–Trinajstić information content (AvgIpc) is 2.74. The second kappa shape index (κ2) is 19.0. The fourth-order valence-corrected chi connectivity index (χ4v) is 4.00. The van der Waals surface area contributed by atoms with Crippen LogP contribution in [-0.2, 0) is 25.3 Å². The summed E-state index contributed by atoms with van der Waals surface area (Å²) < 4.78 is 21.2. The van der Waals surface area contributed by atoms with Gasteiger partial charge in [0.15, 0.2) is 0 Å². The van der Waals surface area contributed by atoms with Crippen LogP contribution >= 0.6 is 7.82 Å². The monoisotopic (exact) mass is 442 g/mol. The lowest BCUT2D eigenvalue weighted by molar-refractivity contribution is -0.234. The van der Waals surface area contributed by atoms with E-state index in [1.807, 2.05) is 30.3 Å². The lowest BCUT2D eigenvalue weighted by Gasteiger charge is -2.11.